The summed E-state index contributed by atoms with van der Waals surface area (Å²) >= 11 is 2.27. The predicted molar refractivity (Wildman–Crippen MR) is 75.8 cm³/mol. The second-order valence-electron chi connectivity index (χ2n) is 4.29. The predicted octanol–water partition coefficient (Wildman–Crippen LogP) is -1.47. The van der Waals surface area contributed by atoms with E-state index in [9.17, 15) is 0 Å². The molecule has 106 valence electrons. The third-order valence-electron chi connectivity index (χ3n) is 2.32. The topological polar surface area (TPSA) is 0 Å². The van der Waals surface area contributed by atoms with Gasteiger partial charge in [0.25, 0.3) is 0 Å². The molecule has 2 rings (SSSR count). The van der Waals surface area contributed by atoms with Crippen molar-refractivity contribution in [2.45, 2.75) is 33.9 Å². The van der Waals surface area contributed by atoms with E-state index in [4.69, 9.17) is 0 Å². The van der Waals surface area contributed by atoms with Gasteiger partial charge >= 0.3 is 38.5 Å². The quantitative estimate of drug-likeness (QED) is 0.403. The third-order valence-corrected chi connectivity index (χ3v) is 2.32. The summed E-state index contributed by atoms with van der Waals surface area (Å²) in [5.74, 6) is 0. The Bertz CT molecular complexity index is 379. The van der Waals surface area contributed by atoms with Gasteiger partial charge in [-0.25, -0.2) is 18.2 Å². The standard InChI is InChI=1S/C8H11.C5H5.C2H6Si.2ClH.Ti/c1-6-4-5-7(2)8(6)3;1-2-4-5-3-1;1-3-2;;;/h4-5H,1-3H3;1-5H;1-2H3;2*1H;/q2*-1;;;;+2/p-2. The van der Waals surface area contributed by atoms with Crippen LogP contribution in [0.15, 0.2) is 42.5 Å². The fraction of sp³-hybridized carbons (Fsp3) is 0.333. The first-order valence-corrected chi connectivity index (χ1v) is 10.7. The van der Waals surface area contributed by atoms with Crippen molar-refractivity contribution in [3.8, 4) is 0 Å². The average Bonchev–Trinajstić information content (AvgIpc) is 2.88. The molecule has 2 aromatic carbocycles. The summed E-state index contributed by atoms with van der Waals surface area (Å²) in [5.41, 5.74) is 4.25. The van der Waals surface area contributed by atoms with Gasteiger partial charge in [0.1, 0.15) is 0 Å². The van der Waals surface area contributed by atoms with E-state index in [2.05, 4.69) is 65.2 Å². The smallest absolute Gasteiger partial charge is 0.0630 e. The van der Waals surface area contributed by atoms with E-state index in [1.54, 1.807) is 0 Å². The molecular formula is C15H22Cl2SiTi-2. The summed E-state index contributed by atoms with van der Waals surface area (Å²) in [6.45, 7) is 11.0. The van der Waals surface area contributed by atoms with Crippen molar-refractivity contribution in [1.29, 1.82) is 0 Å². The van der Waals surface area contributed by atoms with Crippen LogP contribution in [0, 0.1) is 20.8 Å². The molecule has 0 fully saturated rings. The van der Waals surface area contributed by atoms with Gasteiger partial charge < -0.3 is 24.8 Å². The van der Waals surface area contributed by atoms with Crippen LogP contribution < -0.4 is 24.8 Å². The van der Waals surface area contributed by atoms with Gasteiger partial charge in [0.15, 0.2) is 0 Å². The Morgan fingerprint density at radius 3 is 1.63 bits per heavy atom. The molecule has 0 atom stereocenters. The minimum Gasteiger partial charge on any atom is -1.00 e. The molecule has 0 nitrogen and oxygen atoms in total. The van der Waals surface area contributed by atoms with Crippen molar-refractivity contribution < 1.29 is 44.0 Å². The number of rotatable bonds is 0. The number of halogens is 2. The first-order chi connectivity index (χ1) is 7.95. The fourth-order valence-corrected chi connectivity index (χ4v) is 1.13. The molecule has 0 N–H and O–H groups in total. The van der Waals surface area contributed by atoms with Crippen molar-refractivity contribution in [2.75, 3.05) is 0 Å². The zero-order valence-electron chi connectivity index (χ0n) is 12.3. The van der Waals surface area contributed by atoms with E-state index < -0.39 is 0 Å². The number of hydrogen-bond donors (Lipinski definition) is 0. The molecule has 0 heterocycles. The van der Waals surface area contributed by atoms with Gasteiger partial charge in [-0.3, -0.25) is 0 Å². The molecule has 0 bridgehead atoms. The van der Waals surface area contributed by atoms with Gasteiger partial charge in [0.2, 0.25) is 0 Å². The van der Waals surface area contributed by atoms with Crippen LogP contribution in [0.25, 0.3) is 0 Å². The van der Waals surface area contributed by atoms with E-state index in [0.717, 1.165) is 0 Å². The van der Waals surface area contributed by atoms with Crippen molar-refractivity contribution in [1.82, 2.24) is 0 Å². The van der Waals surface area contributed by atoms with Crippen LogP contribution >= 0.6 is 0 Å². The van der Waals surface area contributed by atoms with E-state index in [0.29, 0.717) is 0 Å². The van der Waals surface area contributed by atoms with Gasteiger partial charge in [0, 0.05) is 0 Å². The molecule has 19 heavy (non-hydrogen) atoms. The second-order valence-corrected chi connectivity index (χ2v) is 11.0. The molecule has 0 saturated heterocycles. The molecule has 2 aromatic rings. The van der Waals surface area contributed by atoms with E-state index in [1.807, 2.05) is 30.3 Å². The summed E-state index contributed by atoms with van der Waals surface area (Å²) in [6, 6.07) is 14.3. The Balaban J connectivity index is -0.000000206. The van der Waals surface area contributed by atoms with Gasteiger partial charge in [-0.2, -0.15) is 41.0 Å². The van der Waals surface area contributed by atoms with Crippen LogP contribution in [0.3, 0.4) is 0 Å². The average molecular weight is 349 g/mol. The van der Waals surface area contributed by atoms with Crippen molar-refractivity contribution >= 4 is 6.19 Å². The van der Waals surface area contributed by atoms with E-state index in [-0.39, 0.29) is 31.0 Å². The van der Waals surface area contributed by atoms with Crippen molar-refractivity contribution in [2.24, 2.45) is 0 Å². The SMILES string of the molecule is C[Si](C)=[Ti+2].Cc1cc[c-](C)c1C.[Cl-].[Cl-].c1cc[cH-]c1. The van der Waals surface area contributed by atoms with Gasteiger partial charge in [0.05, 0.1) is 0 Å². The van der Waals surface area contributed by atoms with Crippen LogP contribution in [-0.2, 0) is 19.2 Å². The maximum absolute atomic E-state index is 2.27. The monoisotopic (exact) mass is 348 g/mol. The molecule has 0 amide bonds. The Morgan fingerprint density at radius 2 is 1.53 bits per heavy atom. The summed E-state index contributed by atoms with van der Waals surface area (Å²) in [5, 5.41) is 0. The fourth-order valence-electron chi connectivity index (χ4n) is 1.13. The first kappa shape index (κ1) is 24.2. The van der Waals surface area contributed by atoms with Gasteiger partial charge in [-0.1, -0.05) is 20.8 Å². The minimum absolute atomic E-state index is 0. The largest absolute Gasteiger partial charge is 1.00 e. The molecule has 0 radical (unpaired) electrons. The summed E-state index contributed by atoms with van der Waals surface area (Å²) in [7, 11) is 0. The second kappa shape index (κ2) is 14.6. The van der Waals surface area contributed by atoms with E-state index >= 15 is 0 Å². The van der Waals surface area contributed by atoms with Gasteiger partial charge in [-0.05, 0) is 0 Å². The summed E-state index contributed by atoms with van der Waals surface area (Å²) in [4.78, 5) is 0. The van der Waals surface area contributed by atoms with Crippen LogP contribution in [0.5, 0.6) is 0 Å². The number of aryl methyl sites for hydroxylation is 2. The Morgan fingerprint density at radius 1 is 1.11 bits per heavy atom. The van der Waals surface area contributed by atoms with Crippen molar-refractivity contribution in [3.63, 3.8) is 0 Å². The molecular weight excluding hydrogens is 327 g/mol. The number of hydrogen-bond acceptors (Lipinski definition) is 0. The molecule has 0 aliphatic rings. The van der Waals surface area contributed by atoms with Crippen molar-refractivity contribution in [3.05, 3.63) is 59.2 Å². The zero-order valence-corrected chi connectivity index (χ0v) is 16.4. The zero-order chi connectivity index (χ0) is 13.3. The maximum Gasteiger partial charge on any atom is -0.0630 e. The van der Waals surface area contributed by atoms with Crippen LogP contribution in [0.4, 0.5) is 0 Å². The molecule has 0 aliphatic carbocycles. The maximum atomic E-state index is 2.27. The minimum atomic E-state index is 0. The van der Waals surface area contributed by atoms with E-state index in [1.165, 1.54) is 16.7 Å². The van der Waals surface area contributed by atoms with Gasteiger partial charge in [-0.15, -0.1) is 0 Å². The Hall–Kier alpha value is 0.211. The summed E-state index contributed by atoms with van der Waals surface area (Å²) in [6.07, 6.45) is 0.120. The first-order valence-electron chi connectivity index (χ1n) is 5.83. The molecule has 0 aromatic heterocycles. The Labute approximate surface area is 142 Å². The Kier molecular flexibility index (Phi) is 18.7. The molecule has 0 spiro atoms. The van der Waals surface area contributed by atoms with Crippen LogP contribution in [0.1, 0.15) is 16.7 Å². The molecule has 0 unspecified atom stereocenters. The molecule has 0 saturated carbocycles. The third kappa shape index (κ3) is 14.4. The molecule has 4 heteroatoms. The normalized spacial score (nSPS) is 7.74. The van der Waals surface area contributed by atoms with Crippen LogP contribution in [-0.4, -0.2) is 6.19 Å². The summed E-state index contributed by atoms with van der Waals surface area (Å²) < 4.78 is 0. The molecule has 0 aliphatic heterocycles. The van der Waals surface area contributed by atoms with Crippen LogP contribution in [0.2, 0.25) is 13.1 Å².